The summed E-state index contributed by atoms with van der Waals surface area (Å²) < 4.78 is 24.3. The summed E-state index contributed by atoms with van der Waals surface area (Å²) in [6, 6.07) is 2.23. The molecule has 0 spiro atoms. The summed E-state index contributed by atoms with van der Waals surface area (Å²) in [6.07, 6.45) is 6.21. The molecule has 1 fully saturated rings. The molecule has 1 saturated heterocycles. The van der Waals surface area contributed by atoms with Crippen LogP contribution in [0.25, 0.3) is 0 Å². The van der Waals surface area contributed by atoms with E-state index < -0.39 is 10.0 Å². The van der Waals surface area contributed by atoms with Crippen LogP contribution in [0.5, 0.6) is 0 Å². The normalized spacial score (nSPS) is 18.9. The van der Waals surface area contributed by atoms with E-state index in [0.29, 0.717) is 25.7 Å². The molecule has 1 aromatic rings. The lowest BCUT2D eigenvalue weighted by Crippen LogP contribution is -2.44. The van der Waals surface area contributed by atoms with Gasteiger partial charge in [-0.1, -0.05) is 0 Å². The molecule has 0 amide bonds. The van der Waals surface area contributed by atoms with E-state index in [1.807, 2.05) is 6.07 Å². The van der Waals surface area contributed by atoms with E-state index in [2.05, 4.69) is 15.3 Å². The van der Waals surface area contributed by atoms with Crippen molar-refractivity contribution >= 4 is 10.0 Å². The zero-order chi connectivity index (χ0) is 13.0. The lowest BCUT2D eigenvalue weighted by Gasteiger charge is -2.30. The largest absolute Gasteiger partial charge is 0.308 e. The Morgan fingerprint density at radius 3 is 2.72 bits per heavy atom. The number of aromatic nitrogens is 2. The average molecular weight is 270 g/mol. The van der Waals surface area contributed by atoms with Crippen LogP contribution in [0.1, 0.15) is 18.5 Å². The molecule has 100 valence electrons. The van der Waals surface area contributed by atoms with Crippen molar-refractivity contribution in [3.8, 4) is 0 Å². The van der Waals surface area contributed by atoms with Gasteiger partial charge in [0.15, 0.2) is 0 Å². The van der Waals surface area contributed by atoms with Crippen molar-refractivity contribution in [1.29, 1.82) is 0 Å². The molecule has 0 unspecified atom stereocenters. The highest BCUT2D eigenvalue weighted by molar-refractivity contribution is 7.88. The SMILES string of the molecule is CS(=O)(=O)N1CCC(NCc2ccncn2)CC1. The average Bonchev–Trinajstić information content (AvgIpc) is 2.37. The van der Waals surface area contributed by atoms with Crippen molar-refractivity contribution in [3.63, 3.8) is 0 Å². The zero-order valence-electron chi connectivity index (χ0n) is 10.4. The maximum atomic E-state index is 11.4. The van der Waals surface area contributed by atoms with Crippen LogP contribution in [0.15, 0.2) is 18.6 Å². The first-order chi connectivity index (χ1) is 8.55. The first kappa shape index (κ1) is 13.4. The van der Waals surface area contributed by atoms with E-state index in [0.717, 1.165) is 18.5 Å². The minimum atomic E-state index is -3.03. The summed E-state index contributed by atoms with van der Waals surface area (Å²) in [5.74, 6) is 0. The second kappa shape index (κ2) is 5.73. The predicted molar refractivity (Wildman–Crippen MR) is 68.3 cm³/mol. The van der Waals surface area contributed by atoms with Crippen molar-refractivity contribution in [2.75, 3.05) is 19.3 Å². The summed E-state index contributed by atoms with van der Waals surface area (Å²) in [4.78, 5) is 8.00. The van der Waals surface area contributed by atoms with Crippen molar-refractivity contribution in [2.45, 2.75) is 25.4 Å². The number of hydrogen-bond donors (Lipinski definition) is 1. The topological polar surface area (TPSA) is 75.2 Å². The molecule has 0 saturated carbocycles. The van der Waals surface area contributed by atoms with Gasteiger partial charge in [0, 0.05) is 31.9 Å². The van der Waals surface area contributed by atoms with E-state index in [4.69, 9.17) is 0 Å². The molecule has 6 nitrogen and oxygen atoms in total. The van der Waals surface area contributed by atoms with Gasteiger partial charge in [-0.2, -0.15) is 0 Å². The molecule has 2 rings (SSSR count). The van der Waals surface area contributed by atoms with E-state index in [1.165, 1.54) is 16.9 Å². The Kier molecular flexibility index (Phi) is 4.26. The molecule has 1 aliphatic rings. The standard InChI is InChI=1S/C11H18N4O2S/c1-18(16,17)15-6-3-10(4-7-15)13-8-11-2-5-12-9-14-11/h2,5,9-10,13H,3-4,6-8H2,1H3. The molecular weight excluding hydrogens is 252 g/mol. The van der Waals surface area contributed by atoms with Gasteiger partial charge in [0.1, 0.15) is 6.33 Å². The molecule has 18 heavy (non-hydrogen) atoms. The van der Waals surface area contributed by atoms with Crippen LogP contribution in [0.2, 0.25) is 0 Å². The Morgan fingerprint density at radius 2 is 2.17 bits per heavy atom. The van der Waals surface area contributed by atoms with Gasteiger partial charge in [-0.05, 0) is 18.9 Å². The third kappa shape index (κ3) is 3.72. The van der Waals surface area contributed by atoms with Crippen LogP contribution in [0.4, 0.5) is 0 Å². The zero-order valence-corrected chi connectivity index (χ0v) is 11.2. The highest BCUT2D eigenvalue weighted by atomic mass is 32.2. The molecular formula is C11H18N4O2S. The van der Waals surface area contributed by atoms with Gasteiger partial charge in [0.05, 0.1) is 11.9 Å². The second-order valence-electron chi connectivity index (χ2n) is 4.52. The molecule has 0 atom stereocenters. The minimum Gasteiger partial charge on any atom is -0.308 e. The van der Waals surface area contributed by atoms with Gasteiger partial charge < -0.3 is 5.32 Å². The smallest absolute Gasteiger partial charge is 0.211 e. The number of nitrogens with one attached hydrogen (secondary N) is 1. The van der Waals surface area contributed by atoms with Gasteiger partial charge >= 0.3 is 0 Å². The van der Waals surface area contributed by atoms with Crippen molar-refractivity contribution in [2.24, 2.45) is 0 Å². The molecule has 1 aromatic heterocycles. The molecule has 0 bridgehead atoms. The van der Waals surface area contributed by atoms with Crippen LogP contribution in [-0.2, 0) is 16.6 Å². The molecule has 0 aliphatic carbocycles. The quantitative estimate of drug-likeness (QED) is 0.833. The third-order valence-electron chi connectivity index (χ3n) is 3.14. The number of sulfonamides is 1. The molecule has 0 radical (unpaired) electrons. The van der Waals surface area contributed by atoms with Gasteiger partial charge in [-0.25, -0.2) is 22.7 Å². The fraction of sp³-hybridized carbons (Fsp3) is 0.636. The van der Waals surface area contributed by atoms with Gasteiger partial charge in [0.25, 0.3) is 0 Å². The first-order valence-electron chi connectivity index (χ1n) is 5.99. The third-order valence-corrected chi connectivity index (χ3v) is 4.44. The molecule has 1 N–H and O–H groups in total. The Bertz CT molecular complexity index is 469. The molecule has 2 heterocycles. The van der Waals surface area contributed by atoms with Crippen LogP contribution in [0, 0.1) is 0 Å². The Balaban J connectivity index is 1.78. The van der Waals surface area contributed by atoms with Crippen molar-refractivity contribution in [1.82, 2.24) is 19.6 Å². The van der Waals surface area contributed by atoms with Crippen molar-refractivity contribution in [3.05, 3.63) is 24.3 Å². The lowest BCUT2D eigenvalue weighted by molar-refractivity contribution is 0.289. The van der Waals surface area contributed by atoms with Gasteiger partial charge in [-0.15, -0.1) is 0 Å². The van der Waals surface area contributed by atoms with Crippen LogP contribution in [0.3, 0.4) is 0 Å². The highest BCUT2D eigenvalue weighted by Crippen LogP contribution is 2.13. The number of piperidine rings is 1. The van der Waals surface area contributed by atoms with Gasteiger partial charge in [-0.3, -0.25) is 0 Å². The Hall–Kier alpha value is -1.05. The summed E-state index contributed by atoms with van der Waals surface area (Å²) in [7, 11) is -3.03. The molecule has 1 aliphatic heterocycles. The number of hydrogen-bond acceptors (Lipinski definition) is 5. The second-order valence-corrected chi connectivity index (χ2v) is 6.50. The van der Waals surface area contributed by atoms with Crippen LogP contribution < -0.4 is 5.32 Å². The summed E-state index contributed by atoms with van der Waals surface area (Å²) in [5, 5.41) is 3.40. The molecule has 7 heteroatoms. The maximum Gasteiger partial charge on any atom is 0.211 e. The summed E-state index contributed by atoms with van der Waals surface area (Å²) >= 11 is 0. The Labute approximate surface area is 107 Å². The number of nitrogens with zero attached hydrogens (tertiary/aromatic N) is 3. The molecule has 0 aromatic carbocycles. The van der Waals surface area contributed by atoms with E-state index in [9.17, 15) is 8.42 Å². The Morgan fingerprint density at radius 1 is 1.44 bits per heavy atom. The first-order valence-corrected chi connectivity index (χ1v) is 7.84. The van der Waals surface area contributed by atoms with Crippen LogP contribution in [-0.4, -0.2) is 48.1 Å². The number of rotatable bonds is 4. The lowest BCUT2D eigenvalue weighted by atomic mass is 10.1. The monoisotopic (exact) mass is 270 g/mol. The summed E-state index contributed by atoms with van der Waals surface area (Å²) in [5.41, 5.74) is 0.954. The summed E-state index contributed by atoms with van der Waals surface area (Å²) in [6.45, 7) is 1.90. The fourth-order valence-electron chi connectivity index (χ4n) is 2.06. The van der Waals surface area contributed by atoms with Gasteiger partial charge in [0.2, 0.25) is 10.0 Å². The van der Waals surface area contributed by atoms with Crippen molar-refractivity contribution < 1.29 is 8.42 Å². The van der Waals surface area contributed by atoms with E-state index >= 15 is 0 Å². The van der Waals surface area contributed by atoms with E-state index in [1.54, 1.807) is 6.20 Å². The fourth-order valence-corrected chi connectivity index (χ4v) is 2.94. The maximum absolute atomic E-state index is 11.4. The highest BCUT2D eigenvalue weighted by Gasteiger charge is 2.24. The minimum absolute atomic E-state index is 0.359. The van der Waals surface area contributed by atoms with Crippen LogP contribution >= 0.6 is 0 Å². The predicted octanol–water partition coefficient (Wildman–Crippen LogP) is -0.00980. The van der Waals surface area contributed by atoms with E-state index in [-0.39, 0.29) is 0 Å².